The van der Waals surface area contributed by atoms with Crippen LogP contribution < -0.4 is 10.1 Å². The molecule has 1 heterocycles. The van der Waals surface area contributed by atoms with E-state index in [1.165, 1.54) is 11.1 Å². The second kappa shape index (κ2) is 4.88. The highest BCUT2D eigenvalue weighted by Crippen LogP contribution is 2.28. The van der Waals surface area contributed by atoms with E-state index in [9.17, 15) is 0 Å². The van der Waals surface area contributed by atoms with Crippen molar-refractivity contribution in [3.63, 3.8) is 0 Å². The fourth-order valence-corrected chi connectivity index (χ4v) is 2.01. The van der Waals surface area contributed by atoms with Crippen LogP contribution in [-0.2, 0) is 6.42 Å². The van der Waals surface area contributed by atoms with E-state index in [1.807, 2.05) is 0 Å². The van der Waals surface area contributed by atoms with Crippen LogP contribution in [0.25, 0.3) is 0 Å². The third-order valence-corrected chi connectivity index (χ3v) is 3.05. The second-order valence-corrected chi connectivity index (χ2v) is 4.99. The van der Waals surface area contributed by atoms with Gasteiger partial charge in [0.05, 0.1) is 6.61 Å². The molecular weight excluding hydrogens is 198 g/mol. The summed E-state index contributed by atoms with van der Waals surface area (Å²) < 4.78 is 5.51. The zero-order chi connectivity index (χ0) is 11.5. The highest BCUT2D eigenvalue weighted by molar-refractivity contribution is 5.40. The minimum atomic E-state index is 0.424. The van der Waals surface area contributed by atoms with E-state index in [-0.39, 0.29) is 0 Å². The molecule has 0 aliphatic carbocycles. The second-order valence-electron chi connectivity index (χ2n) is 4.99. The van der Waals surface area contributed by atoms with Gasteiger partial charge >= 0.3 is 0 Å². The van der Waals surface area contributed by atoms with Crippen molar-refractivity contribution in [1.29, 1.82) is 0 Å². The summed E-state index contributed by atoms with van der Waals surface area (Å²) in [4.78, 5) is 0. The molecule has 1 N–H and O–H groups in total. The molecule has 1 aromatic carbocycles. The molecule has 1 aromatic rings. The van der Waals surface area contributed by atoms with Gasteiger partial charge in [0.15, 0.2) is 0 Å². The fourth-order valence-electron chi connectivity index (χ4n) is 2.01. The van der Waals surface area contributed by atoms with E-state index in [4.69, 9.17) is 4.74 Å². The number of benzene rings is 1. The van der Waals surface area contributed by atoms with Crippen molar-refractivity contribution >= 4 is 0 Å². The number of rotatable bonds is 4. The first kappa shape index (κ1) is 11.5. The summed E-state index contributed by atoms with van der Waals surface area (Å²) in [6.07, 6.45) is 1.06. The molecule has 0 saturated carbocycles. The molecule has 0 saturated heterocycles. The monoisotopic (exact) mass is 219 g/mol. The third-order valence-electron chi connectivity index (χ3n) is 3.05. The summed E-state index contributed by atoms with van der Waals surface area (Å²) in [5.74, 6) is 1.76. The Balaban J connectivity index is 2.03. The van der Waals surface area contributed by atoms with Crippen LogP contribution in [0.3, 0.4) is 0 Å². The van der Waals surface area contributed by atoms with Gasteiger partial charge < -0.3 is 10.1 Å². The molecule has 0 aromatic heterocycles. The molecule has 0 fully saturated rings. The van der Waals surface area contributed by atoms with E-state index in [2.05, 4.69) is 44.3 Å². The molecule has 1 aliphatic heterocycles. The lowest BCUT2D eigenvalue weighted by Crippen LogP contribution is -2.23. The Labute approximate surface area is 98.0 Å². The summed E-state index contributed by atoms with van der Waals surface area (Å²) in [6, 6.07) is 6.97. The van der Waals surface area contributed by atoms with Gasteiger partial charge in [0.2, 0.25) is 0 Å². The molecule has 0 radical (unpaired) electrons. The van der Waals surface area contributed by atoms with Gasteiger partial charge in [0.25, 0.3) is 0 Å². The van der Waals surface area contributed by atoms with Gasteiger partial charge in [0, 0.05) is 12.5 Å². The normalized spacial score (nSPS) is 16.0. The maximum Gasteiger partial charge on any atom is 0.122 e. The van der Waals surface area contributed by atoms with Gasteiger partial charge in [-0.15, -0.1) is 0 Å². The Morgan fingerprint density at radius 2 is 2.12 bits per heavy atom. The molecule has 1 atom stereocenters. The molecule has 16 heavy (non-hydrogen) atoms. The smallest absolute Gasteiger partial charge is 0.122 e. The fraction of sp³-hybridized carbons (Fsp3) is 0.571. The number of fused-ring (bicyclic) bond motifs is 1. The maximum absolute atomic E-state index is 5.51. The van der Waals surface area contributed by atoms with E-state index >= 15 is 0 Å². The summed E-state index contributed by atoms with van der Waals surface area (Å²) >= 11 is 0. The van der Waals surface area contributed by atoms with Crippen molar-refractivity contribution in [3.8, 4) is 5.75 Å². The zero-order valence-electron chi connectivity index (χ0n) is 10.4. The van der Waals surface area contributed by atoms with Crippen LogP contribution in [0, 0.1) is 5.92 Å². The Morgan fingerprint density at radius 1 is 1.31 bits per heavy atom. The van der Waals surface area contributed by atoms with E-state index < -0.39 is 0 Å². The molecule has 1 unspecified atom stereocenters. The summed E-state index contributed by atoms with van der Waals surface area (Å²) in [6.45, 7) is 8.59. The van der Waals surface area contributed by atoms with Gasteiger partial charge in [-0.3, -0.25) is 0 Å². The van der Waals surface area contributed by atoms with Gasteiger partial charge in [-0.2, -0.15) is 0 Å². The van der Waals surface area contributed by atoms with Crippen molar-refractivity contribution < 1.29 is 4.74 Å². The van der Waals surface area contributed by atoms with Crippen LogP contribution >= 0.6 is 0 Å². The van der Waals surface area contributed by atoms with Crippen molar-refractivity contribution in [2.75, 3.05) is 13.2 Å². The first-order valence-corrected chi connectivity index (χ1v) is 6.16. The molecule has 1 aliphatic rings. The average molecular weight is 219 g/mol. The molecule has 0 amide bonds. The number of hydrogen-bond acceptors (Lipinski definition) is 2. The van der Waals surface area contributed by atoms with Crippen LogP contribution in [0.15, 0.2) is 18.2 Å². The molecule has 2 nitrogen and oxygen atoms in total. The number of nitrogens with one attached hydrogen (secondary N) is 1. The van der Waals surface area contributed by atoms with Crippen molar-refractivity contribution in [1.82, 2.24) is 5.32 Å². The average Bonchev–Trinajstić information content (AvgIpc) is 2.72. The largest absolute Gasteiger partial charge is 0.493 e. The number of ether oxygens (including phenoxy) is 1. The van der Waals surface area contributed by atoms with Crippen LogP contribution in [0.4, 0.5) is 0 Å². The van der Waals surface area contributed by atoms with E-state index in [0.717, 1.165) is 25.3 Å². The topological polar surface area (TPSA) is 21.3 Å². The highest BCUT2D eigenvalue weighted by atomic mass is 16.5. The molecule has 88 valence electrons. The minimum Gasteiger partial charge on any atom is -0.493 e. The lowest BCUT2D eigenvalue weighted by Gasteiger charge is -2.16. The standard InChI is InChI=1S/C14H21NO/c1-10(2)9-15-11(3)12-4-5-14-13(8-12)6-7-16-14/h4-5,8,10-11,15H,6-7,9H2,1-3H3. The molecule has 2 rings (SSSR count). The Bertz CT molecular complexity index is 360. The molecular formula is C14H21NO. The van der Waals surface area contributed by atoms with E-state index in [0.29, 0.717) is 12.0 Å². The van der Waals surface area contributed by atoms with Crippen molar-refractivity contribution in [2.45, 2.75) is 33.2 Å². The van der Waals surface area contributed by atoms with E-state index in [1.54, 1.807) is 0 Å². The SMILES string of the molecule is CC(C)CNC(C)c1ccc2c(c1)CCO2. The van der Waals surface area contributed by atoms with Crippen molar-refractivity contribution in [2.24, 2.45) is 5.92 Å². The van der Waals surface area contributed by atoms with Gasteiger partial charge in [-0.25, -0.2) is 0 Å². The number of hydrogen-bond donors (Lipinski definition) is 1. The van der Waals surface area contributed by atoms with Crippen LogP contribution in [0.5, 0.6) is 5.75 Å². The third kappa shape index (κ3) is 2.56. The zero-order valence-corrected chi connectivity index (χ0v) is 10.4. The van der Waals surface area contributed by atoms with Crippen LogP contribution in [0.2, 0.25) is 0 Å². The lowest BCUT2D eigenvalue weighted by molar-refractivity contribution is 0.356. The molecule has 0 bridgehead atoms. The Hall–Kier alpha value is -1.02. The molecule has 2 heteroatoms. The first-order valence-electron chi connectivity index (χ1n) is 6.16. The quantitative estimate of drug-likeness (QED) is 0.840. The molecule has 0 spiro atoms. The summed E-state index contributed by atoms with van der Waals surface area (Å²) in [7, 11) is 0. The van der Waals surface area contributed by atoms with Crippen molar-refractivity contribution in [3.05, 3.63) is 29.3 Å². The first-order chi connectivity index (χ1) is 7.66. The lowest BCUT2D eigenvalue weighted by atomic mass is 10.0. The summed E-state index contributed by atoms with van der Waals surface area (Å²) in [5.41, 5.74) is 2.72. The Morgan fingerprint density at radius 3 is 2.88 bits per heavy atom. The van der Waals surface area contributed by atoms with Gasteiger partial charge in [0.1, 0.15) is 5.75 Å². The summed E-state index contributed by atoms with van der Waals surface area (Å²) in [5, 5.41) is 3.55. The predicted molar refractivity (Wildman–Crippen MR) is 66.9 cm³/mol. The van der Waals surface area contributed by atoms with Crippen LogP contribution in [-0.4, -0.2) is 13.2 Å². The predicted octanol–water partition coefficient (Wildman–Crippen LogP) is 2.93. The van der Waals surface area contributed by atoms with Gasteiger partial charge in [-0.1, -0.05) is 26.0 Å². The van der Waals surface area contributed by atoms with Crippen LogP contribution in [0.1, 0.15) is 37.9 Å². The highest BCUT2D eigenvalue weighted by Gasteiger charge is 2.14. The Kier molecular flexibility index (Phi) is 3.49. The maximum atomic E-state index is 5.51. The van der Waals surface area contributed by atoms with Gasteiger partial charge in [-0.05, 0) is 36.6 Å². The minimum absolute atomic E-state index is 0.424.